The van der Waals surface area contributed by atoms with Gasteiger partial charge in [-0.15, -0.1) is 21.5 Å². The van der Waals surface area contributed by atoms with Crippen LogP contribution in [0.3, 0.4) is 0 Å². The quantitative estimate of drug-likeness (QED) is 0.467. The van der Waals surface area contributed by atoms with Crippen LogP contribution >= 0.6 is 34.7 Å². The summed E-state index contributed by atoms with van der Waals surface area (Å²) in [4.78, 5) is 30.4. The number of carbonyl (C=O) groups is 2. The van der Waals surface area contributed by atoms with Crippen molar-refractivity contribution < 1.29 is 9.59 Å². The molecule has 0 aliphatic carbocycles. The number of halogens is 1. The number of nitrogens with one attached hydrogen (secondary N) is 2. The van der Waals surface area contributed by atoms with E-state index in [0.29, 0.717) is 33.4 Å². The first-order valence-corrected chi connectivity index (χ1v) is 11.7. The fourth-order valence-corrected chi connectivity index (χ4v) is 4.63. The van der Waals surface area contributed by atoms with E-state index in [1.807, 2.05) is 25.3 Å². The maximum Gasteiger partial charge on any atom is 0.239 e. The van der Waals surface area contributed by atoms with Gasteiger partial charge in [-0.25, -0.2) is 4.98 Å². The molecular formula is C20H23ClN6O2S2. The summed E-state index contributed by atoms with van der Waals surface area (Å²) in [5.74, 6) is 0.114. The molecule has 1 aromatic carbocycles. The van der Waals surface area contributed by atoms with Crippen LogP contribution in [0.2, 0.25) is 5.02 Å². The van der Waals surface area contributed by atoms with Gasteiger partial charge in [0.25, 0.3) is 0 Å². The van der Waals surface area contributed by atoms with Gasteiger partial charge in [0.15, 0.2) is 10.3 Å². The second-order valence-electron chi connectivity index (χ2n) is 6.76. The third kappa shape index (κ3) is 5.84. The molecule has 3 aromatic rings. The van der Waals surface area contributed by atoms with Crippen LogP contribution < -0.4 is 10.6 Å². The van der Waals surface area contributed by atoms with Gasteiger partial charge >= 0.3 is 0 Å². The van der Waals surface area contributed by atoms with E-state index in [1.165, 1.54) is 23.1 Å². The van der Waals surface area contributed by atoms with Gasteiger partial charge < -0.3 is 15.2 Å². The van der Waals surface area contributed by atoms with E-state index in [0.717, 1.165) is 10.6 Å². The van der Waals surface area contributed by atoms with Gasteiger partial charge in [-0.05, 0) is 39.8 Å². The molecule has 11 heteroatoms. The van der Waals surface area contributed by atoms with Crippen LogP contribution in [0.1, 0.15) is 30.2 Å². The molecule has 1 atom stereocenters. The summed E-state index contributed by atoms with van der Waals surface area (Å²) >= 11 is 8.83. The largest absolute Gasteiger partial charge is 0.324 e. The Morgan fingerprint density at radius 1 is 1.23 bits per heavy atom. The molecular weight excluding hydrogens is 456 g/mol. The summed E-state index contributed by atoms with van der Waals surface area (Å²) in [6, 6.07) is 7.04. The molecule has 2 N–H and O–H groups in total. The normalized spacial score (nSPS) is 11.9. The Balaban J connectivity index is 1.64. The van der Waals surface area contributed by atoms with Crippen molar-refractivity contribution in [3.05, 3.63) is 45.7 Å². The lowest BCUT2D eigenvalue weighted by Gasteiger charge is -2.12. The van der Waals surface area contributed by atoms with Crippen LogP contribution in [0.25, 0.3) is 0 Å². The summed E-state index contributed by atoms with van der Waals surface area (Å²) in [7, 11) is 0. The van der Waals surface area contributed by atoms with Crippen molar-refractivity contribution in [2.75, 3.05) is 10.6 Å². The number of aryl methyl sites for hydroxylation is 2. The van der Waals surface area contributed by atoms with Crippen molar-refractivity contribution in [2.24, 2.45) is 0 Å². The van der Waals surface area contributed by atoms with Crippen molar-refractivity contribution in [2.45, 2.75) is 51.1 Å². The third-order valence-electron chi connectivity index (χ3n) is 4.49. The van der Waals surface area contributed by atoms with Gasteiger partial charge in [0.05, 0.1) is 28.1 Å². The van der Waals surface area contributed by atoms with Gasteiger partial charge in [0.1, 0.15) is 5.82 Å². The van der Waals surface area contributed by atoms with Crippen molar-refractivity contribution in [1.29, 1.82) is 0 Å². The number of thioether (sulfide) groups is 1. The van der Waals surface area contributed by atoms with Crippen LogP contribution in [-0.4, -0.2) is 36.8 Å². The molecule has 0 aliphatic rings. The Bertz CT molecular complexity index is 1080. The Morgan fingerprint density at radius 3 is 2.61 bits per heavy atom. The fraction of sp³-hybridized carbons (Fsp3) is 0.350. The number of benzene rings is 1. The molecule has 0 unspecified atom stereocenters. The van der Waals surface area contributed by atoms with E-state index >= 15 is 0 Å². The van der Waals surface area contributed by atoms with E-state index in [2.05, 4.69) is 25.8 Å². The molecule has 8 nitrogen and oxygen atoms in total. The number of rotatable bonds is 8. The zero-order chi connectivity index (χ0) is 22.5. The molecule has 0 saturated heterocycles. The molecule has 0 spiro atoms. The Labute approximate surface area is 193 Å². The van der Waals surface area contributed by atoms with Gasteiger partial charge in [-0.3, -0.25) is 9.59 Å². The second kappa shape index (κ2) is 10.3. The molecule has 0 saturated carbocycles. The van der Waals surface area contributed by atoms with Gasteiger partial charge in [-0.2, -0.15) is 0 Å². The number of hydrogen-bond acceptors (Lipinski definition) is 7. The monoisotopic (exact) mass is 478 g/mol. The highest BCUT2D eigenvalue weighted by atomic mass is 35.5. The number of para-hydroxylation sites is 1. The van der Waals surface area contributed by atoms with E-state index < -0.39 is 5.25 Å². The second-order valence-corrected chi connectivity index (χ2v) is 9.68. The van der Waals surface area contributed by atoms with Crippen LogP contribution in [-0.2, 0) is 22.6 Å². The highest BCUT2D eigenvalue weighted by Gasteiger charge is 2.22. The Kier molecular flexibility index (Phi) is 7.69. The molecule has 3 rings (SSSR count). The van der Waals surface area contributed by atoms with Crippen molar-refractivity contribution >= 4 is 57.3 Å². The number of thiazole rings is 1. The lowest BCUT2D eigenvalue weighted by Crippen LogP contribution is -2.23. The SMILES string of the molecule is CCn1c(CC(=O)Nc2ccccc2Cl)nnc1S[C@H](C)C(=O)Nc1nc(C)c(C)s1. The summed E-state index contributed by atoms with van der Waals surface area (Å²) in [6.45, 7) is 8.19. The standard InChI is InChI=1S/C20H23ClN6O2S2/c1-5-27-16(10-17(28)23-15-9-7-6-8-14(15)21)25-26-20(27)31-13(4)18(29)24-19-22-11(2)12(3)30-19/h6-9,13H,5,10H2,1-4H3,(H,23,28)(H,22,24,29)/t13-/m1/s1. The number of anilines is 2. The molecule has 0 radical (unpaired) electrons. The number of aromatic nitrogens is 4. The molecule has 0 aliphatic heterocycles. The van der Waals surface area contributed by atoms with E-state index in [-0.39, 0.29) is 18.2 Å². The lowest BCUT2D eigenvalue weighted by atomic mass is 10.3. The van der Waals surface area contributed by atoms with Crippen LogP contribution in [0.15, 0.2) is 29.4 Å². The maximum atomic E-state index is 12.6. The van der Waals surface area contributed by atoms with Crippen molar-refractivity contribution in [1.82, 2.24) is 19.7 Å². The molecule has 0 fully saturated rings. The van der Waals surface area contributed by atoms with Crippen LogP contribution in [0, 0.1) is 13.8 Å². The predicted octanol–water partition coefficient (Wildman–Crippen LogP) is 4.33. The highest BCUT2D eigenvalue weighted by Crippen LogP contribution is 2.26. The number of nitrogens with zero attached hydrogens (tertiary/aromatic N) is 4. The van der Waals surface area contributed by atoms with Crippen molar-refractivity contribution in [3.63, 3.8) is 0 Å². The van der Waals surface area contributed by atoms with Gasteiger partial charge in [-0.1, -0.05) is 35.5 Å². The molecule has 2 aromatic heterocycles. The highest BCUT2D eigenvalue weighted by molar-refractivity contribution is 8.00. The minimum atomic E-state index is -0.413. The average Bonchev–Trinajstić information content (AvgIpc) is 3.25. The average molecular weight is 479 g/mol. The van der Waals surface area contributed by atoms with Gasteiger partial charge in [0.2, 0.25) is 11.8 Å². The Hall–Kier alpha value is -2.43. The smallest absolute Gasteiger partial charge is 0.239 e. The summed E-state index contributed by atoms with van der Waals surface area (Å²) in [6.07, 6.45) is 0.0465. The van der Waals surface area contributed by atoms with Gasteiger partial charge in [0, 0.05) is 11.4 Å². The first-order valence-electron chi connectivity index (χ1n) is 9.66. The number of carbonyl (C=O) groups excluding carboxylic acids is 2. The van der Waals surface area contributed by atoms with E-state index in [9.17, 15) is 9.59 Å². The number of hydrogen-bond donors (Lipinski definition) is 2. The molecule has 164 valence electrons. The van der Waals surface area contributed by atoms with E-state index in [1.54, 1.807) is 31.2 Å². The molecule has 2 heterocycles. The summed E-state index contributed by atoms with van der Waals surface area (Å²) in [5.41, 5.74) is 1.45. The fourth-order valence-electron chi connectivity index (χ4n) is 2.70. The first-order chi connectivity index (χ1) is 14.8. The van der Waals surface area contributed by atoms with Crippen LogP contribution in [0.4, 0.5) is 10.8 Å². The Morgan fingerprint density at radius 2 is 1.97 bits per heavy atom. The van der Waals surface area contributed by atoms with Crippen molar-refractivity contribution in [3.8, 4) is 0 Å². The predicted molar refractivity (Wildman–Crippen MR) is 125 cm³/mol. The lowest BCUT2D eigenvalue weighted by molar-refractivity contribution is -0.116. The maximum absolute atomic E-state index is 12.6. The molecule has 2 amide bonds. The van der Waals surface area contributed by atoms with E-state index in [4.69, 9.17) is 11.6 Å². The minimum Gasteiger partial charge on any atom is -0.324 e. The summed E-state index contributed by atoms with van der Waals surface area (Å²) in [5, 5.41) is 15.2. The third-order valence-corrected chi connectivity index (χ3v) is 6.88. The minimum absolute atomic E-state index is 0.0465. The summed E-state index contributed by atoms with van der Waals surface area (Å²) < 4.78 is 1.83. The topological polar surface area (TPSA) is 102 Å². The molecule has 31 heavy (non-hydrogen) atoms. The number of amides is 2. The zero-order valence-corrected chi connectivity index (χ0v) is 20.0. The zero-order valence-electron chi connectivity index (χ0n) is 17.6. The first kappa shape index (κ1) is 23.2. The molecule has 0 bridgehead atoms. The van der Waals surface area contributed by atoms with Crippen LogP contribution in [0.5, 0.6) is 0 Å².